The standard InChI is InChI=1S/C17H23FN4O/c18-16-3-1-13(2-4-16)7-14(12-23)8-19-9-15-10-20-17-5-6-21-22(17)11-15/h1-6,14-15,19-20,23H,7-12H2. The number of fused-ring (bicyclic) bond motifs is 1. The molecule has 1 aromatic carbocycles. The Labute approximate surface area is 135 Å². The topological polar surface area (TPSA) is 62.1 Å². The number of aliphatic hydroxyl groups excluding tert-OH is 1. The Kier molecular flexibility index (Phi) is 5.25. The van der Waals surface area contributed by atoms with Crippen molar-refractivity contribution >= 4 is 5.82 Å². The van der Waals surface area contributed by atoms with Crippen LogP contribution < -0.4 is 10.6 Å². The Morgan fingerprint density at radius 2 is 2.17 bits per heavy atom. The first kappa shape index (κ1) is 16.0. The Morgan fingerprint density at radius 1 is 1.35 bits per heavy atom. The summed E-state index contributed by atoms with van der Waals surface area (Å²) in [5.41, 5.74) is 1.05. The molecule has 0 amide bonds. The average molecular weight is 318 g/mol. The lowest BCUT2D eigenvalue weighted by Gasteiger charge is -2.26. The fourth-order valence-corrected chi connectivity index (χ4v) is 2.97. The van der Waals surface area contributed by atoms with Gasteiger partial charge in [0.1, 0.15) is 11.6 Å². The molecule has 0 saturated heterocycles. The quantitative estimate of drug-likeness (QED) is 0.724. The lowest BCUT2D eigenvalue weighted by atomic mass is 9.99. The number of nitrogens with one attached hydrogen (secondary N) is 2. The molecule has 1 aliphatic heterocycles. The number of anilines is 1. The van der Waals surface area contributed by atoms with Crippen molar-refractivity contribution in [2.75, 3.05) is 31.6 Å². The molecule has 0 radical (unpaired) electrons. The van der Waals surface area contributed by atoms with Crippen LogP contribution >= 0.6 is 0 Å². The Balaban J connectivity index is 1.43. The minimum atomic E-state index is -0.227. The first-order chi connectivity index (χ1) is 11.2. The molecule has 6 heteroatoms. The summed E-state index contributed by atoms with van der Waals surface area (Å²) in [5, 5.41) is 20.6. The number of aromatic nitrogens is 2. The molecule has 3 N–H and O–H groups in total. The van der Waals surface area contributed by atoms with Crippen LogP contribution in [0.15, 0.2) is 36.5 Å². The van der Waals surface area contributed by atoms with Gasteiger partial charge in [-0.1, -0.05) is 12.1 Å². The van der Waals surface area contributed by atoms with Crippen molar-refractivity contribution < 1.29 is 9.50 Å². The molecule has 23 heavy (non-hydrogen) atoms. The fourth-order valence-electron chi connectivity index (χ4n) is 2.97. The van der Waals surface area contributed by atoms with E-state index in [4.69, 9.17) is 0 Å². The smallest absolute Gasteiger partial charge is 0.124 e. The number of rotatable bonds is 7. The van der Waals surface area contributed by atoms with Crippen molar-refractivity contribution in [2.24, 2.45) is 11.8 Å². The summed E-state index contributed by atoms with van der Waals surface area (Å²) in [4.78, 5) is 0. The SMILES string of the molecule is OCC(CNCC1CNc2ccnn2C1)Cc1ccc(F)cc1. The van der Waals surface area contributed by atoms with E-state index in [1.165, 1.54) is 12.1 Å². The van der Waals surface area contributed by atoms with Gasteiger partial charge >= 0.3 is 0 Å². The van der Waals surface area contributed by atoms with Gasteiger partial charge in [-0.2, -0.15) is 5.10 Å². The van der Waals surface area contributed by atoms with E-state index in [-0.39, 0.29) is 18.3 Å². The molecule has 124 valence electrons. The first-order valence-corrected chi connectivity index (χ1v) is 8.06. The second-order valence-corrected chi connectivity index (χ2v) is 6.18. The van der Waals surface area contributed by atoms with Crippen LogP contribution in [0.4, 0.5) is 10.2 Å². The van der Waals surface area contributed by atoms with Gasteiger partial charge in [-0.3, -0.25) is 0 Å². The number of benzene rings is 1. The van der Waals surface area contributed by atoms with E-state index in [0.29, 0.717) is 5.92 Å². The molecular formula is C17H23FN4O. The molecular weight excluding hydrogens is 295 g/mol. The molecule has 0 spiro atoms. The maximum absolute atomic E-state index is 12.9. The third kappa shape index (κ3) is 4.30. The van der Waals surface area contributed by atoms with Crippen LogP contribution in [0.5, 0.6) is 0 Å². The van der Waals surface area contributed by atoms with Gasteiger partial charge in [0.05, 0.1) is 6.20 Å². The highest BCUT2D eigenvalue weighted by Crippen LogP contribution is 2.16. The zero-order valence-electron chi connectivity index (χ0n) is 13.1. The van der Waals surface area contributed by atoms with Crippen molar-refractivity contribution in [3.63, 3.8) is 0 Å². The lowest BCUT2D eigenvalue weighted by Crippen LogP contribution is -2.37. The summed E-state index contributed by atoms with van der Waals surface area (Å²) in [6, 6.07) is 8.47. The largest absolute Gasteiger partial charge is 0.396 e. The number of nitrogens with zero attached hydrogens (tertiary/aromatic N) is 2. The molecule has 2 aromatic rings. The summed E-state index contributed by atoms with van der Waals surface area (Å²) in [5.74, 6) is 1.46. The predicted octanol–water partition coefficient (Wildman–Crippen LogP) is 1.50. The maximum Gasteiger partial charge on any atom is 0.124 e. The number of aliphatic hydroxyl groups is 1. The van der Waals surface area contributed by atoms with E-state index in [2.05, 4.69) is 15.7 Å². The Bertz CT molecular complexity index is 613. The van der Waals surface area contributed by atoms with Crippen LogP contribution in [0.3, 0.4) is 0 Å². The molecule has 2 heterocycles. The van der Waals surface area contributed by atoms with Crippen molar-refractivity contribution in [2.45, 2.75) is 13.0 Å². The highest BCUT2D eigenvalue weighted by molar-refractivity contribution is 5.35. The molecule has 5 nitrogen and oxygen atoms in total. The summed E-state index contributed by atoms with van der Waals surface area (Å²) in [6.07, 6.45) is 2.55. The minimum absolute atomic E-state index is 0.122. The van der Waals surface area contributed by atoms with E-state index in [0.717, 1.165) is 44.0 Å². The molecule has 0 aliphatic carbocycles. The van der Waals surface area contributed by atoms with E-state index in [1.54, 1.807) is 12.1 Å². The molecule has 0 bridgehead atoms. The Morgan fingerprint density at radius 3 is 2.96 bits per heavy atom. The van der Waals surface area contributed by atoms with Gasteiger partial charge in [0.15, 0.2) is 0 Å². The van der Waals surface area contributed by atoms with Crippen molar-refractivity contribution in [3.8, 4) is 0 Å². The zero-order chi connectivity index (χ0) is 16.1. The van der Waals surface area contributed by atoms with Gasteiger partial charge in [0.25, 0.3) is 0 Å². The van der Waals surface area contributed by atoms with Crippen molar-refractivity contribution in [1.29, 1.82) is 0 Å². The molecule has 3 rings (SSSR count). The van der Waals surface area contributed by atoms with Gasteiger partial charge in [-0.15, -0.1) is 0 Å². The van der Waals surface area contributed by atoms with Gasteiger partial charge in [0, 0.05) is 44.8 Å². The second-order valence-electron chi connectivity index (χ2n) is 6.18. The van der Waals surface area contributed by atoms with E-state index < -0.39 is 0 Å². The van der Waals surface area contributed by atoms with Crippen LogP contribution in [-0.4, -0.2) is 41.1 Å². The monoisotopic (exact) mass is 318 g/mol. The molecule has 1 aromatic heterocycles. The number of hydrogen-bond donors (Lipinski definition) is 3. The van der Waals surface area contributed by atoms with Crippen LogP contribution in [0, 0.1) is 17.7 Å². The van der Waals surface area contributed by atoms with E-state index >= 15 is 0 Å². The zero-order valence-corrected chi connectivity index (χ0v) is 13.1. The van der Waals surface area contributed by atoms with Gasteiger partial charge in [0.2, 0.25) is 0 Å². The summed E-state index contributed by atoms with van der Waals surface area (Å²) in [6.45, 7) is 3.59. The minimum Gasteiger partial charge on any atom is -0.396 e. The van der Waals surface area contributed by atoms with E-state index in [9.17, 15) is 9.50 Å². The van der Waals surface area contributed by atoms with Gasteiger partial charge in [-0.25, -0.2) is 9.07 Å². The van der Waals surface area contributed by atoms with Crippen LogP contribution in [-0.2, 0) is 13.0 Å². The van der Waals surface area contributed by atoms with Crippen LogP contribution in [0.25, 0.3) is 0 Å². The number of halogens is 1. The van der Waals surface area contributed by atoms with Crippen LogP contribution in [0.2, 0.25) is 0 Å². The summed E-state index contributed by atoms with van der Waals surface area (Å²) in [7, 11) is 0. The maximum atomic E-state index is 12.9. The van der Waals surface area contributed by atoms with E-state index in [1.807, 2.05) is 16.9 Å². The van der Waals surface area contributed by atoms with Gasteiger partial charge in [-0.05, 0) is 30.0 Å². The van der Waals surface area contributed by atoms with Crippen LogP contribution in [0.1, 0.15) is 5.56 Å². The molecule has 1 aliphatic rings. The predicted molar refractivity (Wildman–Crippen MR) is 87.8 cm³/mol. The third-order valence-corrected chi connectivity index (χ3v) is 4.28. The van der Waals surface area contributed by atoms with Gasteiger partial charge < -0.3 is 15.7 Å². The number of hydrogen-bond acceptors (Lipinski definition) is 4. The summed E-state index contributed by atoms with van der Waals surface area (Å²) >= 11 is 0. The lowest BCUT2D eigenvalue weighted by molar-refractivity contribution is 0.219. The normalized spacial score (nSPS) is 18.3. The second kappa shape index (κ2) is 7.57. The average Bonchev–Trinajstić information content (AvgIpc) is 3.03. The first-order valence-electron chi connectivity index (χ1n) is 8.06. The Hall–Kier alpha value is -1.92. The van der Waals surface area contributed by atoms with Crippen molar-refractivity contribution in [3.05, 3.63) is 47.9 Å². The molecule has 0 saturated carbocycles. The van der Waals surface area contributed by atoms with Crippen molar-refractivity contribution in [1.82, 2.24) is 15.1 Å². The summed E-state index contributed by atoms with van der Waals surface area (Å²) < 4.78 is 14.9. The highest BCUT2D eigenvalue weighted by Gasteiger charge is 2.18. The molecule has 2 unspecified atom stereocenters. The highest BCUT2D eigenvalue weighted by atomic mass is 19.1. The molecule has 0 fully saturated rings. The fraction of sp³-hybridized carbons (Fsp3) is 0.471. The molecule has 2 atom stereocenters. The third-order valence-electron chi connectivity index (χ3n) is 4.28.